The van der Waals surface area contributed by atoms with Crippen molar-refractivity contribution in [2.24, 2.45) is 0 Å². The van der Waals surface area contributed by atoms with E-state index in [4.69, 9.17) is 5.11 Å². The number of aliphatic carboxylic acids is 1. The van der Waals surface area contributed by atoms with Crippen LogP contribution in [-0.4, -0.2) is 24.2 Å². The van der Waals surface area contributed by atoms with Gasteiger partial charge in [-0.15, -0.1) is 0 Å². The summed E-state index contributed by atoms with van der Waals surface area (Å²) in [4.78, 5) is 12.7. The molecule has 1 aromatic rings. The second kappa shape index (κ2) is 6.36. The van der Waals surface area contributed by atoms with Crippen LogP contribution in [0.25, 0.3) is 6.08 Å². The summed E-state index contributed by atoms with van der Waals surface area (Å²) >= 11 is 0. The predicted molar refractivity (Wildman–Crippen MR) is 73.8 cm³/mol. The number of carbonyl (C=O) groups is 1. The molecule has 19 heavy (non-hydrogen) atoms. The van der Waals surface area contributed by atoms with Crippen molar-refractivity contribution in [3.8, 4) is 0 Å². The van der Waals surface area contributed by atoms with Crippen LogP contribution in [0.5, 0.6) is 0 Å². The van der Waals surface area contributed by atoms with E-state index in [2.05, 4.69) is 4.90 Å². The molecule has 3 nitrogen and oxygen atoms in total. The van der Waals surface area contributed by atoms with E-state index in [1.165, 1.54) is 31.1 Å². The molecule has 1 N–H and O–H groups in total. The lowest BCUT2D eigenvalue weighted by Gasteiger charge is -2.23. The lowest BCUT2D eigenvalue weighted by molar-refractivity contribution is -0.131. The molecular weight excluding hydrogens is 245 g/mol. The molecule has 1 aromatic carbocycles. The second-order valence-electron chi connectivity index (χ2n) is 4.82. The second-order valence-corrected chi connectivity index (χ2v) is 4.82. The topological polar surface area (TPSA) is 40.5 Å². The van der Waals surface area contributed by atoms with Crippen LogP contribution < -0.4 is 4.90 Å². The van der Waals surface area contributed by atoms with Crippen LogP contribution in [0.2, 0.25) is 0 Å². The summed E-state index contributed by atoms with van der Waals surface area (Å²) < 4.78 is 13.6. The molecule has 1 heterocycles. The van der Waals surface area contributed by atoms with E-state index < -0.39 is 5.97 Å². The van der Waals surface area contributed by atoms with Gasteiger partial charge in [-0.25, -0.2) is 9.18 Å². The van der Waals surface area contributed by atoms with Gasteiger partial charge in [-0.2, -0.15) is 0 Å². The zero-order valence-electron chi connectivity index (χ0n) is 10.8. The number of halogens is 1. The summed E-state index contributed by atoms with van der Waals surface area (Å²) in [5.41, 5.74) is 1.42. The highest BCUT2D eigenvalue weighted by atomic mass is 19.1. The van der Waals surface area contributed by atoms with Crippen molar-refractivity contribution in [1.82, 2.24) is 0 Å². The van der Waals surface area contributed by atoms with Crippen molar-refractivity contribution in [1.29, 1.82) is 0 Å². The standard InChI is InChI=1S/C15H18FNO2/c16-13-9-12(5-6-15(18)19)10-14(11-13)17-7-3-1-2-4-8-17/h5-6,9-11H,1-4,7-8H2,(H,18,19)/b6-5+. The highest BCUT2D eigenvalue weighted by molar-refractivity contribution is 5.85. The fourth-order valence-electron chi connectivity index (χ4n) is 2.37. The van der Waals surface area contributed by atoms with Crippen LogP contribution in [0, 0.1) is 5.82 Å². The number of anilines is 1. The fraction of sp³-hybridized carbons (Fsp3) is 0.400. The third-order valence-corrected chi connectivity index (χ3v) is 3.29. The Bertz CT molecular complexity index is 477. The van der Waals surface area contributed by atoms with Gasteiger partial charge in [-0.05, 0) is 42.7 Å². The van der Waals surface area contributed by atoms with Crippen LogP contribution in [0.1, 0.15) is 31.2 Å². The lowest BCUT2D eigenvalue weighted by Crippen LogP contribution is -2.23. The average molecular weight is 263 g/mol. The van der Waals surface area contributed by atoms with Crippen molar-refractivity contribution < 1.29 is 14.3 Å². The molecule has 0 spiro atoms. The van der Waals surface area contributed by atoms with Crippen LogP contribution in [0.4, 0.5) is 10.1 Å². The highest BCUT2D eigenvalue weighted by Gasteiger charge is 2.11. The van der Waals surface area contributed by atoms with Crippen molar-refractivity contribution >= 4 is 17.7 Å². The van der Waals surface area contributed by atoms with Crippen molar-refractivity contribution in [2.75, 3.05) is 18.0 Å². The van der Waals surface area contributed by atoms with E-state index in [1.54, 1.807) is 0 Å². The SMILES string of the molecule is O=C(O)/C=C/c1cc(F)cc(N2CCCCCC2)c1. The monoisotopic (exact) mass is 263 g/mol. The zero-order valence-corrected chi connectivity index (χ0v) is 10.8. The molecule has 0 amide bonds. The number of hydrogen-bond donors (Lipinski definition) is 1. The molecule has 1 aliphatic rings. The van der Waals surface area contributed by atoms with Crippen LogP contribution in [0.15, 0.2) is 24.3 Å². The molecule has 1 fully saturated rings. The van der Waals surface area contributed by atoms with Crippen molar-refractivity contribution in [2.45, 2.75) is 25.7 Å². The highest BCUT2D eigenvalue weighted by Crippen LogP contribution is 2.22. The Morgan fingerprint density at radius 2 is 1.84 bits per heavy atom. The van der Waals surface area contributed by atoms with Gasteiger partial charge in [0.15, 0.2) is 0 Å². The Morgan fingerprint density at radius 3 is 2.47 bits per heavy atom. The third-order valence-electron chi connectivity index (χ3n) is 3.29. The Balaban J connectivity index is 2.22. The quantitative estimate of drug-likeness (QED) is 0.851. The number of nitrogens with zero attached hydrogens (tertiary/aromatic N) is 1. The molecule has 2 rings (SSSR count). The molecule has 4 heteroatoms. The smallest absolute Gasteiger partial charge is 0.328 e. The van der Waals surface area contributed by atoms with Crippen LogP contribution in [-0.2, 0) is 4.79 Å². The fourth-order valence-corrected chi connectivity index (χ4v) is 2.37. The van der Waals surface area contributed by atoms with Gasteiger partial charge in [0.2, 0.25) is 0 Å². The maximum absolute atomic E-state index is 13.6. The molecule has 102 valence electrons. The molecule has 0 unspecified atom stereocenters. The maximum Gasteiger partial charge on any atom is 0.328 e. The van der Waals surface area contributed by atoms with Gasteiger partial charge >= 0.3 is 5.97 Å². The van der Waals surface area contributed by atoms with Gasteiger partial charge in [-0.1, -0.05) is 12.8 Å². The third kappa shape index (κ3) is 4.09. The van der Waals surface area contributed by atoms with Gasteiger partial charge in [0, 0.05) is 24.9 Å². The van der Waals surface area contributed by atoms with Crippen LogP contribution >= 0.6 is 0 Å². The van der Waals surface area contributed by atoms with E-state index in [0.29, 0.717) is 5.56 Å². The number of rotatable bonds is 3. The summed E-state index contributed by atoms with van der Waals surface area (Å²) in [7, 11) is 0. The number of hydrogen-bond acceptors (Lipinski definition) is 2. The molecule has 1 saturated heterocycles. The van der Waals surface area contributed by atoms with Gasteiger partial charge in [0.1, 0.15) is 5.82 Å². The summed E-state index contributed by atoms with van der Waals surface area (Å²) in [5.74, 6) is -1.35. The predicted octanol–water partition coefficient (Wildman–Crippen LogP) is 3.30. The van der Waals surface area contributed by atoms with E-state index in [-0.39, 0.29) is 5.82 Å². The van der Waals surface area contributed by atoms with Gasteiger partial charge in [-0.3, -0.25) is 0 Å². The van der Waals surface area contributed by atoms with E-state index in [9.17, 15) is 9.18 Å². The van der Waals surface area contributed by atoms with Gasteiger partial charge < -0.3 is 10.0 Å². The average Bonchev–Trinajstić information content (AvgIpc) is 2.64. The van der Waals surface area contributed by atoms with Gasteiger partial charge in [0.05, 0.1) is 0 Å². The molecule has 0 atom stereocenters. The molecule has 0 aromatic heterocycles. The molecule has 0 bridgehead atoms. The van der Waals surface area contributed by atoms with Crippen molar-refractivity contribution in [3.63, 3.8) is 0 Å². The first-order chi connectivity index (χ1) is 9.15. The number of carboxylic acids is 1. The summed E-state index contributed by atoms with van der Waals surface area (Å²) in [5, 5.41) is 8.61. The summed E-state index contributed by atoms with van der Waals surface area (Å²) in [6, 6.07) is 4.71. The normalized spacial score (nSPS) is 16.6. The number of carboxylic acid groups (broad SMARTS) is 1. The van der Waals surface area contributed by atoms with E-state index in [0.717, 1.165) is 37.7 Å². The first-order valence-corrected chi connectivity index (χ1v) is 6.62. The molecular formula is C15H18FNO2. The van der Waals surface area contributed by atoms with Gasteiger partial charge in [0.25, 0.3) is 0 Å². The molecule has 0 saturated carbocycles. The lowest BCUT2D eigenvalue weighted by atomic mass is 10.1. The van der Waals surface area contributed by atoms with E-state index in [1.807, 2.05) is 6.07 Å². The first-order valence-electron chi connectivity index (χ1n) is 6.62. The maximum atomic E-state index is 13.6. The van der Waals surface area contributed by atoms with Crippen LogP contribution in [0.3, 0.4) is 0 Å². The summed E-state index contributed by atoms with van der Waals surface area (Å²) in [6.07, 6.45) is 7.14. The Hall–Kier alpha value is -1.84. The molecule has 1 aliphatic heterocycles. The summed E-state index contributed by atoms with van der Waals surface area (Å²) in [6.45, 7) is 1.87. The Morgan fingerprint density at radius 1 is 1.16 bits per heavy atom. The minimum absolute atomic E-state index is 0.327. The first kappa shape index (κ1) is 13.6. The minimum Gasteiger partial charge on any atom is -0.478 e. The molecule has 0 radical (unpaired) electrons. The molecule has 0 aliphatic carbocycles. The minimum atomic E-state index is -1.03. The Kier molecular flexibility index (Phi) is 4.55. The number of benzene rings is 1. The zero-order chi connectivity index (χ0) is 13.7. The van der Waals surface area contributed by atoms with Crippen molar-refractivity contribution in [3.05, 3.63) is 35.7 Å². The van der Waals surface area contributed by atoms with E-state index >= 15 is 0 Å². The largest absolute Gasteiger partial charge is 0.478 e. The Labute approximate surface area is 112 Å².